The van der Waals surface area contributed by atoms with E-state index >= 15 is 0 Å². The van der Waals surface area contributed by atoms with E-state index < -0.39 is 18.1 Å². The smallest absolute Gasteiger partial charge is 0.306 e. The first-order valence-electron chi connectivity index (χ1n) is 23.9. The predicted molar refractivity (Wildman–Crippen MR) is 245 cm³/mol. The van der Waals surface area contributed by atoms with Gasteiger partial charge in [0.1, 0.15) is 12.6 Å². The third-order valence-corrected chi connectivity index (χ3v) is 10.5. The van der Waals surface area contributed by atoms with E-state index in [1.807, 2.05) is 54.7 Å². The molecule has 0 radical (unpaired) electrons. The monoisotopic (exact) mass is 828 g/mol. The number of carbonyl (C=O) groups excluding carboxylic acids is 3. The second-order valence-corrected chi connectivity index (χ2v) is 17.1. The van der Waals surface area contributed by atoms with Crippen LogP contribution < -0.4 is 5.11 Å². The molecule has 0 amide bonds. The number of hydrogen-bond donors (Lipinski definition) is 0. The Morgan fingerprint density at radius 1 is 0.525 bits per heavy atom. The molecule has 0 aromatic carbocycles. The maximum atomic E-state index is 12.7. The molecule has 0 bridgehead atoms. The number of ether oxygens (including phenoxy) is 3. The third kappa shape index (κ3) is 40.2. The Balaban J connectivity index is 4.26. The number of rotatable bonds is 42. The number of carboxylic acids is 1. The summed E-state index contributed by atoms with van der Waals surface area (Å²) in [5, 5.41) is 11.6. The van der Waals surface area contributed by atoms with E-state index in [9.17, 15) is 19.5 Å². The van der Waals surface area contributed by atoms with Crippen LogP contribution in [-0.2, 0) is 28.6 Å². The number of hydrogen-bond acceptors (Lipinski definition) is 7. The summed E-state index contributed by atoms with van der Waals surface area (Å²) in [6.45, 7) is 4.45. The number of quaternary nitrogens is 1. The van der Waals surface area contributed by atoms with Crippen molar-refractivity contribution in [3.05, 3.63) is 60.8 Å². The van der Waals surface area contributed by atoms with Crippen LogP contribution in [0, 0.1) is 0 Å². The van der Waals surface area contributed by atoms with Gasteiger partial charge in [-0.25, -0.2) is 0 Å². The van der Waals surface area contributed by atoms with Crippen molar-refractivity contribution < 1.29 is 38.2 Å². The number of unbranched alkanes of at least 4 members (excludes halogenated alkanes) is 22. The lowest BCUT2D eigenvalue weighted by Gasteiger charge is -2.34. The number of esters is 2. The molecule has 0 aliphatic carbocycles. The van der Waals surface area contributed by atoms with Gasteiger partial charge in [0.2, 0.25) is 0 Å². The van der Waals surface area contributed by atoms with E-state index in [1.54, 1.807) is 21.1 Å². The molecule has 0 aliphatic rings. The van der Waals surface area contributed by atoms with Gasteiger partial charge in [0.25, 0.3) is 0 Å². The maximum Gasteiger partial charge on any atom is 0.306 e. The van der Waals surface area contributed by atoms with E-state index in [4.69, 9.17) is 14.2 Å². The average Bonchev–Trinajstić information content (AvgIpc) is 3.19. The Kier molecular flexibility index (Phi) is 39.6. The summed E-state index contributed by atoms with van der Waals surface area (Å²) in [6, 6.07) is -0.739. The fourth-order valence-electron chi connectivity index (χ4n) is 6.87. The Labute approximate surface area is 362 Å². The highest BCUT2D eigenvalue weighted by Crippen LogP contribution is 2.16. The minimum atomic E-state index is -1.14. The van der Waals surface area contributed by atoms with Gasteiger partial charge >= 0.3 is 11.9 Å². The standard InChI is InChI=1S/C51H89NO7/c1-6-8-10-12-14-16-18-20-21-22-23-24-25-26-27-28-30-31-33-35-37-39-41-49(53)58-46-47(45-57-44-43-48(51(55)56)52(3,4)5)59-50(54)42-40-38-36-34-32-29-19-17-15-13-11-9-7-2/h9,11,13,15,17,19,29,32,34,36,47-48H,6-8,10,12,14,16,18,20-28,30-31,33,35,37-46H2,1-5H3/b11-9+,15-13+,19-17+,32-29+,36-34+. The van der Waals surface area contributed by atoms with Crippen molar-refractivity contribution in [2.75, 3.05) is 41.0 Å². The summed E-state index contributed by atoms with van der Waals surface area (Å²) >= 11 is 0. The molecule has 340 valence electrons. The largest absolute Gasteiger partial charge is 0.544 e. The van der Waals surface area contributed by atoms with Crippen molar-refractivity contribution >= 4 is 17.9 Å². The zero-order valence-corrected chi connectivity index (χ0v) is 38.7. The molecule has 0 saturated heterocycles. The molecule has 0 fully saturated rings. The quantitative estimate of drug-likeness (QED) is 0.0261. The van der Waals surface area contributed by atoms with Crippen LogP contribution in [0.2, 0.25) is 0 Å². The van der Waals surface area contributed by atoms with Crippen LogP contribution in [0.15, 0.2) is 60.8 Å². The number of allylic oxidation sites excluding steroid dienone is 10. The maximum absolute atomic E-state index is 12.7. The van der Waals surface area contributed by atoms with Crippen LogP contribution in [0.3, 0.4) is 0 Å². The number of aliphatic carboxylic acids is 1. The van der Waals surface area contributed by atoms with Crippen LogP contribution in [-0.4, -0.2) is 75.5 Å². The lowest BCUT2D eigenvalue weighted by molar-refractivity contribution is -0.889. The number of carboxylic acid groups (broad SMARTS) is 1. The molecule has 0 aromatic heterocycles. The van der Waals surface area contributed by atoms with E-state index in [-0.39, 0.29) is 49.1 Å². The van der Waals surface area contributed by atoms with Crippen molar-refractivity contribution in [3.8, 4) is 0 Å². The molecule has 0 aliphatic heterocycles. The molecule has 8 nitrogen and oxygen atoms in total. The molecule has 59 heavy (non-hydrogen) atoms. The van der Waals surface area contributed by atoms with Gasteiger partial charge in [-0.1, -0.05) is 209 Å². The Bertz CT molecular complexity index is 1150. The van der Waals surface area contributed by atoms with E-state index in [2.05, 4.69) is 19.9 Å². The Hall–Kier alpha value is -2.97. The molecular formula is C51H89NO7. The molecule has 0 N–H and O–H groups in total. The van der Waals surface area contributed by atoms with Gasteiger partial charge in [0, 0.05) is 19.3 Å². The van der Waals surface area contributed by atoms with Gasteiger partial charge in [0.15, 0.2) is 6.10 Å². The van der Waals surface area contributed by atoms with Crippen LogP contribution >= 0.6 is 0 Å². The molecule has 2 unspecified atom stereocenters. The normalized spacial score (nSPS) is 13.4. The predicted octanol–water partition coefficient (Wildman–Crippen LogP) is 12.0. The minimum absolute atomic E-state index is 0.0115. The molecule has 0 heterocycles. The first kappa shape index (κ1) is 56.0. The van der Waals surface area contributed by atoms with Crippen molar-refractivity contribution in [1.82, 2.24) is 0 Å². The fourth-order valence-corrected chi connectivity index (χ4v) is 6.87. The van der Waals surface area contributed by atoms with Crippen LogP contribution in [0.4, 0.5) is 0 Å². The highest BCUT2D eigenvalue weighted by Gasteiger charge is 2.25. The third-order valence-electron chi connectivity index (χ3n) is 10.5. The summed E-state index contributed by atoms with van der Waals surface area (Å²) in [6.07, 6.45) is 51.3. The number of likely N-dealkylation sites (N-methyl/N-ethyl adjacent to an activating group) is 1. The highest BCUT2D eigenvalue weighted by atomic mass is 16.6. The summed E-state index contributed by atoms with van der Waals surface area (Å²) in [5.74, 6) is -1.83. The first-order chi connectivity index (χ1) is 28.6. The fraction of sp³-hybridized carbons (Fsp3) is 0.745. The molecule has 0 saturated carbocycles. The van der Waals surface area contributed by atoms with Crippen LogP contribution in [0.1, 0.15) is 194 Å². The molecular weight excluding hydrogens is 739 g/mol. The first-order valence-corrected chi connectivity index (χ1v) is 23.9. The van der Waals surface area contributed by atoms with Gasteiger partial charge in [-0.3, -0.25) is 9.59 Å². The average molecular weight is 828 g/mol. The van der Waals surface area contributed by atoms with Crippen LogP contribution in [0.25, 0.3) is 0 Å². The van der Waals surface area contributed by atoms with Gasteiger partial charge in [-0.05, 0) is 25.7 Å². The summed E-state index contributed by atoms with van der Waals surface area (Å²) in [5.41, 5.74) is 0. The zero-order chi connectivity index (χ0) is 43.5. The van der Waals surface area contributed by atoms with Crippen molar-refractivity contribution in [3.63, 3.8) is 0 Å². The molecule has 8 heteroatoms. The molecule has 0 aromatic rings. The van der Waals surface area contributed by atoms with Gasteiger partial charge in [-0.2, -0.15) is 0 Å². The summed E-state index contributed by atoms with van der Waals surface area (Å²) in [7, 11) is 5.38. The molecule has 0 rings (SSSR count). The van der Waals surface area contributed by atoms with Crippen molar-refractivity contribution in [1.29, 1.82) is 0 Å². The van der Waals surface area contributed by atoms with E-state index in [1.165, 1.54) is 122 Å². The molecule has 0 spiro atoms. The Morgan fingerprint density at radius 3 is 1.39 bits per heavy atom. The van der Waals surface area contributed by atoms with E-state index in [0.717, 1.165) is 32.1 Å². The SMILES string of the molecule is CC/C=C/C=C/C=C/C=C/C=C/CCCC(=O)OC(COCCC(C(=O)[O-])[N+](C)(C)C)COC(=O)CCCCCCCCCCCCCCCCCCCCCCCC. The second kappa shape index (κ2) is 41.8. The van der Waals surface area contributed by atoms with Gasteiger partial charge in [-0.15, -0.1) is 0 Å². The second-order valence-electron chi connectivity index (χ2n) is 17.1. The summed E-state index contributed by atoms with van der Waals surface area (Å²) < 4.78 is 17.1. The van der Waals surface area contributed by atoms with Crippen molar-refractivity contribution in [2.24, 2.45) is 0 Å². The van der Waals surface area contributed by atoms with Crippen molar-refractivity contribution in [2.45, 2.75) is 206 Å². The minimum Gasteiger partial charge on any atom is -0.544 e. The van der Waals surface area contributed by atoms with Gasteiger partial charge in [0.05, 0.1) is 40.3 Å². The van der Waals surface area contributed by atoms with E-state index in [0.29, 0.717) is 12.8 Å². The lowest BCUT2D eigenvalue weighted by atomic mass is 10.0. The zero-order valence-electron chi connectivity index (χ0n) is 38.7. The number of carbonyl (C=O) groups is 3. The van der Waals surface area contributed by atoms with Gasteiger partial charge < -0.3 is 28.6 Å². The molecule has 2 atom stereocenters. The summed E-state index contributed by atoms with van der Waals surface area (Å²) in [4.78, 5) is 36.9. The lowest BCUT2D eigenvalue weighted by Crippen LogP contribution is -2.55. The number of nitrogens with zero attached hydrogens (tertiary/aromatic N) is 1. The Morgan fingerprint density at radius 2 is 0.949 bits per heavy atom. The van der Waals surface area contributed by atoms with Crippen LogP contribution in [0.5, 0.6) is 0 Å². The highest BCUT2D eigenvalue weighted by molar-refractivity contribution is 5.70. The topological polar surface area (TPSA) is 102 Å².